The molecular weight excluding hydrogens is 289 g/mol. The lowest BCUT2D eigenvalue weighted by atomic mass is 10.2. The molecule has 0 aliphatic rings. The van der Waals surface area contributed by atoms with Crippen molar-refractivity contribution in [3.05, 3.63) is 34.4 Å². The van der Waals surface area contributed by atoms with Crippen LogP contribution < -0.4 is 5.73 Å². The zero-order valence-corrected chi connectivity index (χ0v) is 10.6. The molecular formula is C11H11BrFN3O. The van der Waals surface area contributed by atoms with Gasteiger partial charge in [0.2, 0.25) is 11.8 Å². The molecule has 0 radical (unpaired) electrons. The van der Waals surface area contributed by atoms with E-state index in [9.17, 15) is 4.39 Å². The Kier molecular flexibility index (Phi) is 3.86. The van der Waals surface area contributed by atoms with Crippen LogP contribution in [0.5, 0.6) is 0 Å². The molecule has 90 valence electrons. The summed E-state index contributed by atoms with van der Waals surface area (Å²) >= 11 is 3.16. The van der Waals surface area contributed by atoms with E-state index in [4.69, 9.17) is 10.2 Å². The van der Waals surface area contributed by atoms with E-state index >= 15 is 0 Å². The lowest BCUT2D eigenvalue weighted by Gasteiger charge is -1.99. The van der Waals surface area contributed by atoms with Gasteiger partial charge < -0.3 is 10.2 Å². The Morgan fingerprint density at radius 3 is 2.94 bits per heavy atom. The molecule has 1 heterocycles. The summed E-state index contributed by atoms with van der Waals surface area (Å²) in [6.45, 7) is 0.571. The largest absolute Gasteiger partial charge is 0.421 e. The molecule has 0 unspecified atom stereocenters. The third kappa shape index (κ3) is 2.70. The molecule has 0 saturated carbocycles. The maximum Gasteiger partial charge on any atom is 0.248 e. The Bertz CT molecular complexity index is 515. The zero-order chi connectivity index (χ0) is 12.3. The summed E-state index contributed by atoms with van der Waals surface area (Å²) in [6, 6.07) is 4.67. The molecule has 0 aliphatic carbocycles. The van der Waals surface area contributed by atoms with Gasteiger partial charge in [0, 0.05) is 6.42 Å². The minimum atomic E-state index is -0.357. The Morgan fingerprint density at radius 2 is 2.18 bits per heavy atom. The second kappa shape index (κ2) is 5.37. The highest BCUT2D eigenvalue weighted by Crippen LogP contribution is 2.29. The van der Waals surface area contributed by atoms with Crippen molar-refractivity contribution in [2.75, 3.05) is 6.54 Å². The highest BCUT2D eigenvalue weighted by Gasteiger charge is 2.13. The summed E-state index contributed by atoms with van der Waals surface area (Å²) in [5.74, 6) is 0.467. The van der Waals surface area contributed by atoms with Gasteiger partial charge in [0.15, 0.2) is 0 Å². The van der Waals surface area contributed by atoms with Crippen LogP contribution in [0.25, 0.3) is 11.5 Å². The predicted molar refractivity (Wildman–Crippen MR) is 64.8 cm³/mol. The van der Waals surface area contributed by atoms with E-state index in [1.165, 1.54) is 6.07 Å². The summed E-state index contributed by atoms with van der Waals surface area (Å²) in [4.78, 5) is 0. The van der Waals surface area contributed by atoms with Gasteiger partial charge in [-0.15, -0.1) is 10.2 Å². The quantitative estimate of drug-likeness (QED) is 0.942. The number of hydrogen-bond donors (Lipinski definition) is 1. The molecule has 2 aromatic rings. The van der Waals surface area contributed by atoms with Gasteiger partial charge in [0.05, 0.1) is 10.0 Å². The van der Waals surface area contributed by atoms with Crippen molar-refractivity contribution in [1.82, 2.24) is 10.2 Å². The van der Waals surface area contributed by atoms with Gasteiger partial charge in [-0.05, 0) is 41.0 Å². The molecule has 1 aromatic carbocycles. The van der Waals surface area contributed by atoms with Gasteiger partial charge in [0.25, 0.3) is 0 Å². The van der Waals surface area contributed by atoms with E-state index < -0.39 is 0 Å². The van der Waals surface area contributed by atoms with Crippen molar-refractivity contribution in [3.63, 3.8) is 0 Å². The lowest BCUT2D eigenvalue weighted by molar-refractivity contribution is 0.498. The van der Waals surface area contributed by atoms with E-state index in [-0.39, 0.29) is 5.82 Å². The van der Waals surface area contributed by atoms with E-state index in [0.29, 0.717) is 34.8 Å². The van der Waals surface area contributed by atoms with Gasteiger partial charge in [-0.1, -0.05) is 6.07 Å². The number of halogens is 2. The Balaban J connectivity index is 2.27. The van der Waals surface area contributed by atoms with E-state index in [1.54, 1.807) is 12.1 Å². The van der Waals surface area contributed by atoms with E-state index in [0.717, 1.165) is 6.42 Å². The van der Waals surface area contributed by atoms with Crippen LogP contribution >= 0.6 is 15.9 Å². The minimum Gasteiger partial charge on any atom is -0.421 e. The first-order valence-corrected chi connectivity index (χ1v) is 5.98. The number of nitrogens with two attached hydrogens (primary N) is 1. The van der Waals surface area contributed by atoms with Gasteiger partial charge in [-0.25, -0.2) is 4.39 Å². The molecule has 0 atom stereocenters. The zero-order valence-electron chi connectivity index (χ0n) is 8.99. The van der Waals surface area contributed by atoms with Crippen LogP contribution in [0.3, 0.4) is 0 Å². The first-order chi connectivity index (χ1) is 8.22. The molecule has 17 heavy (non-hydrogen) atoms. The summed E-state index contributed by atoms with van der Waals surface area (Å²) in [6.07, 6.45) is 1.42. The summed E-state index contributed by atoms with van der Waals surface area (Å²) in [7, 11) is 0. The van der Waals surface area contributed by atoms with Gasteiger partial charge in [0.1, 0.15) is 5.82 Å². The monoisotopic (exact) mass is 299 g/mol. The van der Waals surface area contributed by atoms with Gasteiger partial charge in [-0.3, -0.25) is 0 Å². The van der Waals surface area contributed by atoms with Crippen molar-refractivity contribution in [1.29, 1.82) is 0 Å². The molecule has 0 bridgehead atoms. The third-order valence-electron chi connectivity index (χ3n) is 2.24. The summed E-state index contributed by atoms with van der Waals surface area (Å²) in [5.41, 5.74) is 5.94. The van der Waals surface area contributed by atoms with Crippen LogP contribution in [-0.2, 0) is 6.42 Å². The van der Waals surface area contributed by atoms with Gasteiger partial charge >= 0.3 is 0 Å². The predicted octanol–water partition coefficient (Wildman–Crippen LogP) is 2.53. The van der Waals surface area contributed by atoms with E-state index in [2.05, 4.69) is 26.1 Å². The first kappa shape index (κ1) is 12.2. The molecule has 1 aromatic heterocycles. The van der Waals surface area contributed by atoms with Crippen LogP contribution in [0, 0.1) is 5.82 Å². The first-order valence-electron chi connectivity index (χ1n) is 5.19. The highest BCUT2D eigenvalue weighted by molar-refractivity contribution is 9.10. The lowest BCUT2D eigenvalue weighted by Crippen LogP contribution is -2.00. The van der Waals surface area contributed by atoms with Gasteiger partial charge in [-0.2, -0.15) is 0 Å². The molecule has 2 rings (SSSR count). The average molecular weight is 300 g/mol. The van der Waals surface area contributed by atoms with Crippen LogP contribution in [0.2, 0.25) is 0 Å². The maximum absolute atomic E-state index is 13.3. The maximum atomic E-state index is 13.3. The average Bonchev–Trinajstić information content (AvgIpc) is 2.78. The molecule has 0 amide bonds. The SMILES string of the molecule is NCCCc1nnc(-c2cccc(F)c2Br)o1. The summed E-state index contributed by atoms with van der Waals surface area (Å²) in [5, 5.41) is 7.77. The van der Waals surface area contributed by atoms with Crippen LogP contribution in [-0.4, -0.2) is 16.7 Å². The molecule has 0 fully saturated rings. The normalized spacial score (nSPS) is 10.8. The molecule has 0 saturated heterocycles. The highest BCUT2D eigenvalue weighted by atomic mass is 79.9. The second-order valence-corrected chi connectivity index (χ2v) is 4.29. The fourth-order valence-electron chi connectivity index (χ4n) is 1.39. The number of aryl methyl sites for hydroxylation is 1. The van der Waals surface area contributed by atoms with Crippen molar-refractivity contribution >= 4 is 15.9 Å². The smallest absolute Gasteiger partial charge is 0.248 e. The standard InChI is InChI=1S/C11H11BrFN3O/c12-10-7(3-1-4-8(10)13)11-16-15-9(17-11)5-2-6-14/h1,3-4H,2,5-6,14H2. The molecule has 2 N–H and O–H groups in total. The number of rotatable bonds is 4. The third-order valence-corrected chi connectivity index (χ3v) is 3.05. The number of hydrogen-bond acceptors (Lipinski definition) is 4. The molecule has 0 spiro atoms. The molecule has 4 nitrogen and oxygen atoms in total. The van der Waals surface area contributed by atoms with Crippen molar-refractivity contribution in [3.8, 4) is 11.5 Å². The number of aromatic nitrogens is 2. The number of nitrogens with zero attached hydrogens (tertiary/aromatic N) is 2. The number of benzene rings is 1. The van der Waals surface area contributed by atoms with E-state index in [1.807, 2.05) is 0 Å². The molecule has 6 heteroatoms. The fraction of sp³-hybridized carbons (Fsp3) is 0.273. The molecule has 0 aliphatic heterocycles. The van der Waals surface area contributed by atoms with Crippen molar-refractivity contribution in [2.24, 2.45) is 5.73 Å². The van der Waals surface area contributed by atoms with Crippen molar-refractivity contribution in [2.45, 2.75) is 12.8 Å². The Hall–Kier alpha value is -1.27. The Labute approximate surface area is 106 Å². The van der Waals surface area contributed by atoms with Crippen molar-refractivity contribution < 1.29 is 8.81 Å². The Morgan fingerprint density at radius 1 is 1.35 bits per heavy atom. The minimum absolute atomic E-state index is 0.309. The second-order valence-electron chi connectivity index (χ2n) is 3.49. The summed E-state index contributed by atoms with van der Waals surface area (Å²) < 4.78 is 19.1. The van der Waals surface area contributed by atoms with Crippen LogP contribution in [0.4, 0.5) is 4.39 Å². The topological polar surface area (TPSA) is 64.9 Å². The van der Waals surface area contributed by atoms with Crippen LogP contribution in [0.1, 0.15) is 12.3 Å². The fourth-order valence-corrected chi connectivity index (χ4v) is 1.82. The van der Waals surface area contributed by atoms with Crippen LogP contribution in [0.15, 0.2) is 27.1 Å².